The van der Waals surface area contributed by atoms with Crippen molar-refractivity contribution in [2.24, 2.45) is 0 Å². The summed E-state index contributed by atoms with van der Waals surface area (Å²) >= 11 is 6.18. The highest BCUT2D eigenvalue weighted by atomic mass is 35.5. The Balaban J connectivity index is 2.10. The number of aryl methyl sites for hydroxylation is 1. The zero-order valence-electron chi connectivity index (χ0n) is 9.91. The monoisotopic (exact) mass is 249 g/mol. The number of aromatic nitrogens is 2. The molecule has 0 amide bonds. The fourth-order valence-corrected chi connectivity index (χ4v) is 2.85. The molecule has 2 aromatic heterocycles. The molecule has 0 bridgehead atoms. The van der Waals surface area contributed by atoms with E-state index in [2.05, 4.69) is 16.6 Å². The predicted molar refractivity (Wildman–Crippen MR) is 69.8 cm³/mol. The smallest absolute Gasteiger partial charge is 0.156 e. The summed E-state index contributed by atoms with van der Waals surface area (Å²) in [6, 6.07) is 3.86. The van der Waals surface area contributed by atoms with Crippen LogP contribution in [0, 0.1) is 6.92 Å². The van der Waals surface area contributed by atoms with Gasteiger partial charge in [-0.1, -0.05) is 11.6 Å². The molecule has 0 spiro atoms. The molecule has 4 heteroatoms. The van der Waals surface area contributed by atoms with Crippen molar-refractivity contribution in [2.75, 3.05) is 13.1 Å². The van der Waals surface area contributed by atoms with E-state index in [1.807, 2.05) is 18.3 Å². The number of rotatable bonds is 1. The maximum atomic E-state index is 6.18. The highest BCUT2D eigenvalue weighted by Gasteiger charge is 2.21. The van der Waals surface area contributed by atoms with Crippen LogP contribution in [0.5, 0.6) is 0 Å². The number of piperidine rings is 1. The SMILES string of the molecule is Cc1c(C2CCCNC2)nc2c(Cl)cccn12. The number of hydrogen-bond donors (Lipinski definition) is 1. The summed E-state index contributed by atoms with van der Waals surface area (Å²) in [5.41, 5.74) is 3.30. The van der Waals surface area contributed by atoms with Crippen molar-refractivity contribution in [3.8, 4) is 0 Å². The van der Waals surface area contributed by atoms with Crippen LogP contribution in [0.1, 0.15) is 30.1 Å². The summed E-state index contributed by atoms with van der Waals surface area (Å²) in [6.45, 7) is 4.28. The lowest BCUT2D eigenvalue weighted by atomic mass is 9.95. The first-order chi connectivity index (χ1) is 8.27. The van der Waals surface area contributed by atoms with Gasteiger partial charge in [0, 0.05) is 24.4 Å². The topological polar surface area (TPSA) is 29.3 Å². The van der Waals surface area contributed by atoms with Crippen molar-refractivity contribution in [3.63, 3.8) is 0 Å². The Bertz CT molecular complexity index is 541. The van der Waals surface area contributed by atoms with Gasteiger partial charge in [-0.3, -0.25) is 0 Å². The molecule has 1 saturated heterocycles. The van der Waals surface area contributed by atoms with Crippen LogP contribution in [-0.2, 0) is 0 Å². The normalized spacial score (nSPS) is 20.9. The quantitative estimate of drug-likeness (QED) is 0.842. The van der Waals surface area contributed by atoms with Crippen molar-refractivity contribution in [2.45, 2.75) is 25.7 Å². The molecule has 0 aliphatic carbocycles. The van der Waals surface area contributed by atoms with Gasteiger partial charge in [0.2, 0.25) is 0 Å². The summed E-state index contributed by atoms with van der Waals surface area (Å²) in [4.78, 5) is 4.73. The van der Waals surface area contributed by atoms with Gasteiger partial charge in [-0.2, -0.15) is 0 Å². The van der Waals surface area contributed by atoms with Crippen molar-refractivity contribution < 1.29 is 0 Å². The fraction of sp³-hybridized carbons (Fsp3) is 0.462. The Hall–Kier alpha value is -1.06. The highest BCUT2D eigenvalue weighted by molar-refractivity contribution is 6.33. The first kappa shape index (κ1) is 11.1. The Morgan fingerprint density at radius 3 is 3.12 bits per heavy atom. The van der Waals surface area contributed by atoms with Crippen LogP contribution in [0.4, 0.5) is 0 Å². The predicted octanol–water partition coefficient (Wildman–Crippen LogP) is 2.76. The van der Waals surface area contributed by atoms with E-state index in [9.17, 15) is 0 Å². The third-order valence-corrected chi connectivity index (χ3v) is 3.86. The number of imidazole rings is 1. The molecule has 3 heterocycles. The van der Waals surface area contributed by atoms with Crippen LogP contribution >= 0.6 is 11.6 Å². The average Bonchev–Trinajstić information content (AvgIpc) is 2.70. The molecule has 1 N–H and O–H groups in total. The van der Waals surface area contributed by atoms with E-state index < -0.39 is 0 Å². The summed E-state index contributed by atoms with van der Waals surface area (Å²) in [6.07, 6.45) is 4.48. The van der Waals surface area contributed by atoms with E-state index in [1.54, 1.807) is 0 Å². The molecule has 0 aromatic carbocycles. The number of halogens is 1. The second-order valence-electron chi connectivity index (χ2n) is 4.68. The van der Waals surface area contributed by atoms with Crippen molar-refractivity contribution in [1.82, 2.24) is 14.7 Å². The Morgan fingerprint density at radius 1 is 1.53 bits per heavy atom. The van der Waals surface area contributed by atoms with Crippen LogP contribution in [0.2, 0.25) is 5.02 Å². The standard InChI is InChI=1S/C13H16ClN3/c1-9-12(10-4-2-6-15-8-10)16-13-11(14)5-3-7-17(9)13/h3,5,7,10,15H,2,4,6,8H2,1H3. The van der Waals surface area contributed by atoms with E-state index in [1.165, 1.54) is 24.2 Å². The van der Waals surface area contributed by atoms with E-state index in [4.69, 9.17) is 16.6 Å². The minimum atomic E-state index is 0.528. The molecule has 0 radical (unpaired) electrons. The third-order valence-electron chi connectivity index (χ3n) is 3.56. The second-order valence-corrected chi connectivity index (χ2v) is 5.08. The lowest BCUT2D eigenvalue weighted by Gasteiger charge is -2.21. The van der Waals surface area contributed by atoms with Crippen LogP contribution in [0.3, 0.4) is 0 Å². The fourth-order valence-electron chi connectivity index (χ4n) is 2.64. The summed E-state index contributed by atoms with van der Waals surface area (Å²) < 4.78 is 2.09. The van der Waals surface area contributed by atoms with Crippen molar-refractivity contribution in [3.05, 3.63) is 34.7 Å². The molecular formula is C13H16ClN3. The molecule has 1 aliphatic heterocycles. The largest absolute Gasteiger partial charge is 0.316 e. The number of hydrogen-bond acceptors (Lipinski definition) is 2. The second kappa shape index (κ2) is 4.31. The highest BCUT2D eigenvalue weighted by Crippen LogP contribution is 2.28. The maximum Gasteiger partial charge on any atom is 0.156 e. The van der Waals surface area contributed by atoms with Gasteiger partial charge < -0.3 is 9.72 Å². The van der Waals surface area contributed by atoms with Gasteiger partial charge in [0.05, 0.1) is 10.7 Å². The molecule has 1 aliphatic rings. The van der Waals surface area contributed by atoms with Gasteiger partial charge in [-0.05, 0) is 38.4 Å². The van der Waals surface area contributed by atoms with Crippen LogP contribution < -0.4 is 5.32 Å². The molecular weight excluding hydrogens is 234 g/mol. The maximum absolute atomic E-state index is 6.18. The van der Waals surface area contributed by atoms with Crippen molar-refractivity contribution in [1.29, 1.82) is 0 Å². The molecule has 2 aromatic rings. The van der Waals surface area contributed by atoms with E-state index in [0.29, 0.717) is 5.92 Å². The number of fused-ring (bicyclic) bond motifs is 1. The van der Waals surface area contributed by atoms with Gasteiger partial charge in [-0.15, -0.1) is 0 Å². The summed E-state index contributed by atoms with van der Waals surface area (Å²) in [7, 11) is 0. The summed E-state index contributed by atoms with van der Waals surface area (Å²) in [5.74, 6) is 0.528. The molecule has 3 rings (SSSR count). The van der Waals surface area contributed by atoms with Gasteiger partial charge in [0.15, 0.2) is 5.65 Å². The zero-order chi connectivity index (χ0) is 11.8. The third kappa shape index (κ3) is 1.83. The Kier molecular flexibility index (Phi) is 2.81. The molecule has 3 nitrogen and oxygen atoms in total. The lowest BCUT2D eigenvalue weighted by Crippen LogP contribution is -2.28. The minimum Gasteiger partial charge on any atom is -0.316 e. The van der Waals surface area contributed by atoms with Crippen molar-refractivity contribution >= 4 is 17.2 Å². The number of nitrogens with zero attached hydrogens (tertiary/aromatic N) is 2. The average molecular weight is 250 g/mol. The van der Waals surface area contributed by atoms with Gasteiger partial charge in [0.1, 0.15) is 0 Å². The molecule has 0 saturated carbocycles. The molecule has 1 fully saturated rings. The van der Waals surface area contributed by atoms with Crippen LogP contribution in [0.25, 0.3) is 5.65 Å². The van der Waals surface area contributed by atoms with Gasteiger partial charge in [-0.25, -0.2) is 4.98 Å². The molecule has 1 unspecified atom stereocenters. The molecule has 17 heavy (non-hydrogen) atoms. The first-order valence-electron chi connectivity index (χ1n) is 6.11. The molecule has 90 valence electrons. The summed E-state index contributed by atoms with van der Waals surface area (Å²) in [5, 5.41) is 4.16. The number of nitrogens with one attached hydrogen (secondary N) is 1. The van der Waals surface area contributed by atoms with E-state index in [-0.39, 0.29) is 0 Å². The Labute approximate surface area is 106 Å². The zero-order valence-corrected chi connectivity index (χ0v) is 10.7. The first-order valence-corrected chi connectivity index (χ1v) is 6.49. The molecule has 1 atom stereocenters. The number of pyridine rings is 1. The Morgan fingerprint density at radius 2 is 2.41 bits per heavy atom. The van der Waals surface area contributed by atoms with Gasteiger partial charge in [0.25, 0.3) is 0 Å². The lowest BCUT2D eigenvalue weighted by molar-refractivity contribution is 0.454. The van der Waals surface area contributed by atoms with E-state index >= 15 is 0 Å². The van der Waals surface area contributed by atoms with Crippen LogP contribution in [-0.4, -0.2) is 22.5 Å². The van der Waals surface area contributed by atoms with Crippen LogP contribution in [0.15, 0.2) is 18.3 Å². The van der Waals surface area contributed by atoms with Gasteiger partial charge >= 0.3 is 0 Å². The minimum absolute atomic E-state index is 0.528. The van der Waals surface area contributed by atoms with E-state index in [0.717, 1.165) is 23.8 Å².